The van der Waals surface area contributed by atoms with E-state index in [-0.39, 0.29) is 0 Å². The smallest absolute Gasteiger partial charge is 0.0809 e. The summed E-state index contributed by atoms with van der Waals surface area (Å²) in [6.07, 6.45) is 2.18. The van der Waals surface area contributed by atoms with E-state index in [9.17, 15) is 0 Å². The second-order valence-corrected chi connectivity index (χ2v) is 10.3. The van der Waals surface area contributed by atoms with Crippen LogP contribution in [-0.4, -0.2) is 4.57 Å². The minimum Gasteiger partial charge on any atom is -0.168 e. The van der Waals surface area contributed by atoms with E-state index in [1.807, 2.05) is 0 Å². The molecule has 0 bridgehead atoms. The molecule has 0 saturated carbocycles. The molecule has 0 N–H and O–H groups in total. The summed E-state index contributed by atoms with van der Waals surface area (Å²) in [7, 11) is 9.87. The van der Waals surface area contributed by atoms with Gasteiger partial charge in [-0.15, -0.1) is 70.8 Å². The molecule has 0 amide bonds. The number of nitrogens with zero attached hydrogens (tertiary/aromatic N) is 1. The van der Waals surface area contributed by atoms with Gasteiger partial charge in [0.1, 0.15) is 0 Å². The van der Waals surface area contributed by atoms with Crippen molar-refractivity contribution < 1.29 is 20.8 Å². The zero-order chi connectivity index (χ0) is 19.9. The molecule has 0 aliphatic rings. The van der Waals surface area contributed by atoms with Crippen LogP contribution in [0.25, 0.3) is 27.2 Å². The van der Waals surface area contributed by atoms with Gasteiger partial charge in [-0.25, -0.2) is 0 Å². The number of rotatable bonds is 1. The third kappa shape index (κ3) is 5.26. The van der Waals surface area contributed by atoms with Crippen LogP contribution in [0.1, 0.15) is 11.3 Å². The van der Waals surface area contributed by atoms with Crippen molar-refractivity contribution in [1.29, 1.82) is 0 Å². The Kier molecular flexibility index (Phi) is 7.74. The van der Waals surface area contributed by atoms with E-state index in [2.05, 4.69) is 110 Å². The van der Waals surface area contributed by atoms with Crippen LogP contribution < -0.4 is 0 Å². The molecule has 0 aliphatic heterocycles. The van der Waals surface area contributed by atoms with Crippen LogP contribution in [0, 0.1) is 13.8 Å². The predicted octanol–water partition coefficient (Wildman–Crippen LogP) is 7.90. The van der Waals surface area contributed by atoms with Crippen molar-refractivity contribution in [3.05, 3.63) is 102 Å². The van der Waals surface area contributed by atoms with E-state index >= 15 is 0 Å². The van der Waals surface area contributed by atoms with E-state index in [1.54, 1.807) is 0 Å². The molecule has 0 aliphatic carbocycles. The van der Waals surface area contributed by atoms with Crippen molar-refractivity contribution in [2.75, 3.05) is 0 Å². The minimum absolute atomic E-state index is 0.826. The summed E-state index contributed by atoms with van der Waals surface area (Å²) in [5, 5.41) is 5.28. The fraction of sp³-hybridized carbons (Fsp3) is 0.0833. The van der Waals surface area contributed by atoms with Gasteiger partial charge in [0.25, 0.3) is 0 Å². The molecule has 0 atom stereocenters. The molecule has 5 rings (SSSR count). The maximum atomic E-state index is 4.93. The first-order valence-corrected chi connectivity index (χ1v) is 15.3. The van der Waals surface area contributed by atoms with Crippen molar-refractivity contribution in [3.63, 3.8) is 0 Å². The molecule has 0 unspecified atom stereocenters. The molecule has 1 nitrogen and oxygen atoms in total. The van der Waals surface area contributed by atoms with Gasteiger partial charge in [-0.2, -0.15) is 17.5 Å². The van der Waals surface area contributed by atoms with Crippen molar-refractivity contribution in [2.24, 2.45) is 0 Å². The van der Waals surface area contributed by atoms with Gasteiger partial charge in [0.15, 0.2) is 0 Å². The van der Waals surface area contributed by atoms with Gasteiger partial charge in [0.2, 0.25) is 0 Å². The standard InChI is InChI=1S/C15H14N.C9H7.2ClH.Zr/c1-11-7-12(2)16(10-11)15-8-13-5-3-4-6-14(13)9-15;1-2-5-9-7-3-6-8(9)4-1;;;/h3-10H,1-2H3;1-7H;2*1H;/q2*-1;;;+4/p-2. The quantitative estimate of drug-likeness (QED) is 0.213. The van der Waals surface area contributed by atoms with Crippen LogP contribution in [-0.2, 0) is 20.8 Å². The van der Waals surface area contributed by atoms with Gasteiger partial charge < -0.3 is 4.57 Å². The van der Waals surface area contributed by atoms with Crippen molar-refractivity contribution >= 4 is 38.6 Å². The summed E-state index contributed by atoms with van der Waals surface area (Å²) in [4.78, 5) is 0. The Hall–Kier alpha value is -1.60. The number of fused-ring (bicyclic) bond motifs is 2. The Bertz CT molecular complexity index is 1090. The summed E-state index contributed by atoms with van der Waals surface area (Å²) in [5.74, 6) is 0. The second kappa shape index (κ2) is 10.3. The third-order valence-electron chi connectivity index (χ3n) is 4.58. The van der Waals surface area contributed by atoms with Crippen LogP contribution >= 0.6 is 17.0 Å². The molecule has 0 radical (unpaired) electrons. The van der Waals surface area contributed by atoms with E-state index in [0.29, 0.717) is 0 Å². The molecule has 5 aromatic rings. The van der Waals surface area contributed by atoms with Gasteiger partial charge in [-0.3, -0.25) is 0 Å². The number of benzene rings is 2. The summed E-state index contributed by atoms with van der Waals surface area (Å²) in [6.45, 7) is 4.27. The summed E-state index contributed by atoms with van der Waals surface area (Å²) >= 11 is -0.826. The van der Waals surface area contributed by atoms with Gasteiger partial charge in [-0.1, -0.05) is 12.1 Å². The Morgan fingerprint density at radius 2 is 1.46 bits per heavy atom. The number of aryl methyl sites for hydroxylation is 2. The molecular weight excluding hydrogens is 464 g/mol. The molecule has 0 fully saturated rings. The molecule has 140 valence electrons. The Morgan fingerprint density at radius 3 is 2.07 bits per heavy atom. The average molecular weight is 486 g/mol. The summed E-state index contributed by atoms with van der Waals surface area (Å²) in [5.41, 5.74) is 3.85. The number of hydrogen-bond acceptors (Lipinski definition) is 0. The van der Waals surface area contributed by atoms with Gasteiger partial charge in [-0.05, 0) is 31.2 Å². The molecule has 1 aromatic heterocycles. The normalized spacial score (nSPS) is 10.0. The SMILES string of the molecule is Cc1cc(C)n(-c2cc3ccccc3[cH-]2)c1.[Cl][Zr+2][Cl].c1ccc2[cH-]ccc2c1. The van der Waals surface area contributed by atoms with Crippen LogP contribution in [0.2, 0.25) is 0 Å². The van der Waals surface area contributed by atoms with E-state index < -0.39 is 20.8 Å². The number of halogens is 2. The topological polar surface area (TPSA) is 4.93 Å². The van der Waals surface area contributed by atoms with Crippen LogP contribution in [0.4, 0.5) is 0 Å². The Balaban J connectivity index is 0.000000158. The monoisotopic (exact) mass is 483 g/mol. The van der Waals surface area contributed by atoms with Gasteiger partial charge in [0.05, 0.1) is 0 Å². The fourth-order valence-corrected chi connectivity index (χ4v) is 3.36. The van der Waals surface area contributed by atoms with Crippen molar-refractivity contribution in [3.8, 4) is 5.69 Å². The van der Waals surface area contributed by atoms with Gasteiger partial charge in [0, 0.05) is 11.9 Å². The maximum Gasteiger partial charge on any atom is -0.0809 e. The van der Waals surface area contributed by atoms with Crippen molar-refractivity contribution in [2.45, 2.75) is 13.8 Å². The largest absolute Gasteiger partial charge is 0.168 e. The zero-order valence-electron chi connectivity index (χ0n) is 15.9. The van der Waals surface area contributed by atoms with Crippen LogP contribution in [0.3, 0.4) is 0 Å². The Labute approximate surface area is 184 Å². The molecule has 4 heteroatoms. The van der Waals surface area contributed by atoms with Crippen molar-refractivity contribution in [1.82, 2.24) is 4.57 Å². The van der Waals surface area contributed by atoms with Gasteiger partial charge >= 0.3 is 37.9 Å². The third-order valence-corrected chi connectivity index (χ3v) is 4.58. The van der Waals surface area contributed by atoms with E-state index in [0.717, 1.165) is 0 Å². The molecule has 0 saturated heterocycles. The molecule has 28 heavy (non-hydrogen) atoms. The molecule has 1 heterocycles. The summed E-state index contributed by atoms with van der Waals surface area (Å²) < 4.78 is 2.25. The van der Waals surface area contributed by atoms with E-state index in [4.69, 9.17) is 17.0 Å². The number of hydrogen-bond donors (Lipinski definition) is 0. The minimum atomic E-state index is -0.826. The van der Waals surface area contributed by atoms with Crippen LogP contribution in [0.15, 0.2) is 91.1 Å². The molecule has 4 aromatic carbocycles. The predicted molar refractivity (Wildman–Crippen MR) is 120 cm³/mol. The molecular formula is C24H21Cl2NZr. The summed E-state index contributed by atoms with van der Waals surface area (Å²) in [6, 6.07) is 29.8. The first-order valence-electron chi connectivity index (χ1n) is 9.00. The maximum absolute atomic E-state index is 4.93. The first kappa shape index (κ1) is 21.1. The first-order chi connectivity index (χ1) is 13.6. The number of aromatic nitrogens is 1. The zero-order valence-corrected chi connectivity index (χ0v) is 19.8. The van der Waals surface area contributed by atoms with Crippen LogP contribution in [0.5, 0.6) is 0 Å². The second-order valence-electron chi connectivity index (χ2n) is 6.60. The fourth-order valence-electron chi connectivity index (χ4n) is 3.36. The molecule has 0 spiro atoms. The Morgan fingerprint density at radius 1 is 0.821 bits per heavy atom. The average Bonchev–Trinajstić information content (AvgIpc) is 3.40. The van der Waals surface area contributed by atoms with E-state index in [1.165, 1.54) is 38.5 Å².